The second-order valence-electron chi connectivity index (χ2n) is 7.12. The third kappa shape index (κ3) is 4.91. The molecule has 1 N–H and O–H groups in total. The van der Waals surface area contributed by atoms with Gasteiger partial charge in [0.1, 0.15) is 11.1 Å². The van der Waals surface area contributed by atoms with Crippen molar-refractivity contribution in [1.82, 2.24) is 5.32 Å². The topological polar surface area (TPSA) is 63.8 Å². The Hall–Kier alpha value is -2.84. The van der Waals surface area contributed by atoms with Crippen LogP contribution < -0.4 is 10.9 Å². The fourth-order valence-electron chi connectivity index (χ4n) is 3.37. The summed E-state index contributed by atoms with van der Waals surface area (Å²) in [6.45, 7) is 0.921. The highest BCUT2D eigenvalue weighted by Crippen LogP contribution is 2.35. The summed E-state index contributed by atoms with van der Waals surface area (Å²) >= 11 is 6.03. The number of rotatable bonds is 4. The smallest absolute Gasteiger partial charge is 0.418 e. The minimum Gasteiger partial charge on any atom is -0.438 e. The van der Waals surface area contributed by atoms with Crippen molar-refractivity contribution in [3.05, 3.63) is 70.2 Å². The van der Waals surface area contributed by atoms with Gasteiger partial charge in [-0.3, -0.25) is 4.79 Å². The van der Waals surface area contributed by atoms with Gasteiger partial charge in [0.15, 0.2) is 0 Å². The van der Waals surface area contributed by atoms with Crippen molar-refractivity contribution in [2.24, 2.45) is 4.99 Å². The molecule has 1 amide bonds. The number of fused-ring (bicyclic) bond motifs is 1. The number of alkyl halides is 3. The molecule has 3 aromatic rings. The van der Waals surface area contributed by atoms with Gasteiger partial charge in [-0.1, -0.05) is 23.7 Å². The van der Waals surface area contributed by atoms with Gasteiger partial charge in [-0.25, -0.2) is 4.99 Å². The summed E-state index contributed by atoms with van der Waals surface area (Å²) in [5, 5.41) is 3.71. The van der Waals surface area contributed by atoms with Crippen LogP contribution in [0.5, 0.6) is 0 Å². The number of halogens is 4. The first-order valence-corrected chi connectivity index (χ1v) is 10.0. The number of para-hydroxylation sites is 1. The lowest BCUT2D eigenvalue weighted by atomic mass is 10.1. The highest BCUT2D eigenvalue weighted by Gasteiger charge is 2.33. The molecule has 2 heterocycles. The summed E-state index contributed by atoms with van der Waals surface area (Å²) in [4.78, 5) is 17.0. The van der Waals surface area contributed by atoms with Crippen LogP contribution in [-0.2, 0) is 10.9 Å². The van der Waals surface area contributed by atoms with Crippen molar-refractivity contribution < 1.29 is 27.1 Å². The van der Waals surface area contributed by atoms with E-state index in [1.54, 1.807) is 18.2 Å². The second kappa shape index (κ2) is 8.72. The van der Waals surface area contributed by atoms with Gasteiger partial charge in [-0.2, -0.15) is 13.2 Å². The number of carbonyl (C=O) groups is 1. The molecule has 0 bridgehead atoms. The van der Waals surface area contributed by atoms with Gasteiger partial charge in [0.2, 0.25) is 5.55 Å². The summed E-state index contributed by atoms with van der Waals surface area (Å²) in [6, 6.07) is 11.1. The van der Waals surface area contributed by atoms with Crippen LogP contribution in [0, 0.1) is 0 Å². The molecule has 2 aromatic carbocycles. The Bertz CT molecular complexity index is 1180. The first-order chi connectivity index (χ1) is 14.8. The maximum atomic E-state index is 13.4. The predicted molar refractivity (Wildman–Crippen MR) is 109 cm³/mol. The van der Waals surface area contributed by atoms with Crippen molar-refractivity contribution >= 4 is 34.2 Å². The van der Waals surface area contributed by atoms with Crippen molar-refractivity contribution in [3.63, 3.8) is 0 Å². The lowest BCUT2D eigenvalue weighted by Crippen LogP contribution is -2.34. The Morgan fingerprint density at radius 2 is 2.00 bits per heavy atom. The minimum atomic E-state index is -4.60. The van der Waals surface area contributed by atoms with E-state index in [1.165, 1.54) is 24.3 Å². The molecule has 1 atom stereocenters. The molecule has 1 aliphatic heterocycles. The lowest BCUT2D eigenvalue weighted by molar-refractivity contribution is -0.137. The SMILES string of the molecule is O=C(NC[C@@H]1CCCO1)c1cc2cc(Cl)ccc2oc1=Nc1ccccc1C(F)(F)F. The van der Waals surface area contributed by atoms with E-state index in [2.05, 4.69) is 10.3 Å². The molecule has 0 aliphatic carbocycles. The first kappa shape index (κ1) is 21.4. The maximum absolute atomic E-state index is 13.4. The van der Waals surface area contributed by atoms with Crippen LogP contribution in [-0.4, -0.2) is 25.2 Å². The summed E-state index contributed by atoms with van der Waals surface area (Å²) < 4.78 is 51.4. The van der Waals surface area contributed by atoms with E-state index in [9.17, 15) is 18.0 Å². The summed E-state index contributed by atoms with van der Waals surface area (Å²) in [7, 11) is 0. The molecule has 1 fully saturated rings. The van der Waals surface area contributed by atoms with E-state index in [0.717, 1.165) is 18.9 Å². The normalized spacial score (nSPS) is 17.3. The average molecular weight is 451 g/mol. The molecule has 1 aliphatic rings. The number of nitrogens with one attached hydrogen (secondary N) is 1. The Kier molecular flexibility index (Phi) is 6.02. The number of hydrogen-bond donors (Lipinski definition) is 1. The number of amides is 1. The Morgan fingerprint density at radius 1 is 1.19 bits per heavy atom. The van der Waals surface area contributed by atoms with E-state index >= 15 is 0 Å². The van der Waals surface area contributed by atoms with Gasteiger partial charge < -0.3 is 14.5 Å². The Morgan fingerprint density at radius 3 is 2.74 bits per heavy atom. The summed E-state index contributed by atoms with van der Waals surface area (Å²) in [6.07, 6.45) is -2.96. The minimum absolute atomic E-state index is 0.00439. The highest BCUT2D eigenvalue weighted by molar-refractivity contribution is 6.31. The van der Waals surface area contributed by atoms with Gasteiger partial charge in [-0.05, 0) is 49.2 Å². The molecule has 162 valence electrons. The van der Waals surface area contributed by atoms with Gasteiger partial charge in [0.05, 0.1) is 17.4 Å². The average Bonchev–Trinajstić information content (AvgIpc) is 3.25. The maximum Gasteiger partial charge on any atom is 0.418 e. The van der Waals surface area contributed by atoms with Crippen LogP contribution >= 0.6 is 11.6 Å². The third-order valence-corrected chi connectivity index (χ3v) is 5.13. The molecule has 31 heavy (non-hydrogen) atoms. The van der Waals surface area contributed by atoms with Gasteiger partial charge in [0.25, 0.3) is 5.91 Å². The van der Waals surface area contributed by atoms with Crippen molar-refractivity contribution in [2.75, 3.05) is 13.2 Å². The molecule has 4 rings (SSSR count). The highest BCUT2D eigenvalue weighted by atomic mass is 35.5. The van der Waals surface area contributed by atoms with Crippen LogP contribution in [0.25, 0.3) is 11.0 Å². The summed E-state index contributed by atoms with van der Waals surface area (Å²) in [5.41, 5.74) is -1.16. The molecule has 1 saturated heterocycles. The molecule has 0 saturated carbocycles. The molecule has 0 radical (unpaired) electrons. The molecular formula is C22H18ClF3N2O3. The van der Waals surface area contributed by atoms with Crippen LogP contribution in [0.15, 0.2) is 57.9 Å². The van der Waals surface area contributed by atoms with Crippen LogP contribution in [0.4, 0.5) is 18.9 Å². The summed E-state index contributed by atoms with van der Waals surface area (Å²) in [5.74, 6) is -0.524. The Labute approximate surface area is 180 Å². The predicted octanol–water partition coefficient (Wildman–Crippen LogP) is 5.25. The fraction of sp³-hybridized carbons (Fsp3) is 0.273. The van der Waals surface area contributed by atoms with Gasteiger partial charge in [0, 0.05) is 23.6 Å². The molecule has 0 unspecified atom stereocenters. The number of hydrogen-bond acceptors (Lipinski definition) is 4. The molecule has 5 nitrogen and oxygen atoms in total. The zero-order valence-corrected chi connectivity index (χ0v) is 17.0. The number of carbonyl (C=O) groups excluding carboxylic acids is 1. The molecule has 1 aromatic heterocycles. The largest absolute Gasteiger partial charge is 0.438 e. The van der Waals surface area contributed by atoms with E-state index in [-0.39, 0.29) is 29.5 Å². The molecule has 0 spiro atoms. The molecule has 9 heteroatoms. The van der Waals surface area contributed by atoms with Gasteiger partial charge >= 0.3 is 6.18 Å². The third-order valence-electron chi connectivity index (χ3n) is 4.90. The van der Waals surface area contributed by atoms with E-state index in [4.69, 9.17) is 20.8 Å². The number of nitrogens with zero attached hydrogens (tertiary/aromatic N) is 1. The van der Waals surface area contributed by atoms with E-state index in [1.807, 2.05) is 0 Å². The lowest BCUT2D eigenvalue weighted by Gasteiger charge is -2.12. The zero-order chi connectivity index (χ0) is 22.0. The van der Waals surface area contributed by atoms with E-state index in [0.29, 0.717) is 22.6 Å². The van der Waals surface area contributed by atoms with Crippen molar-refractivity contribution in [2.45, 2.75) is 25.1 Å². The van der Waals surface area contributed by atoms with Crippen LogP contribution in [0.3, 0.4) is 0 Å². The monoisotopic (exact) mass is 450 g/mol. The number of ether oxygens (including phenoxy) is 1. The quantitative estimate of drug-likeness (QED) is 0.590. The second-order valence-corrected chi connectivity index (χ2v) is 7.56. The van der Waals surface area contributed by atoms with Crippen LogP contribution in [0.2, 0.25) is 5.02 Å². The fourth-order valence-corrected chi connectivity index (χ4v) is 3.56. The van der Waals surface area contributed by atoms with Crippen LogP contribution in [0.1, 0.15) is 28.8 Å². The standard InChI is InChI=1S/C22H18ClF3N2O3/c23-14-7-8-19-13(10-14)11-16(20(29)27-12-15-4-3-9-30-15)21(31-19)28-18-6-2-1-5-17(18)22(24,25)26/h1-2,5-8,10-11,15H,3-4,9,12H2,(H,27,29)/t15-/m0/s1. The first-order valence-electron chi connectivity index (χ1n) is 9.65. The van der Waals surface area contributed by atoms with E-state index < -0.39 is 17.6 Å². The number of benzene rings is 2. The zero-order valence-electron chi connectivity index (χ0n) is 16.2. The Balaban J connectivity index is 1.81. The van der Waals surface area contributed by atoms with Crippen molar-refractivity contribution in [3.8, 4) is 0 Å². The molecular weight excluding hydrogens is 433 g/mol. The van der Waals surface area contributed by atoms with Gasteiger partial charge in [-0.15, -0.1) is 0 Å². The van der Waals surface area contributed by atoms with Crippen molar-refractivity contribution in [1.29, 1.82) is 0 Å².